The molecule has 0 aliphatic rings. The van der Waals surface area contributed by atoms with Crippen LogP contribution in [0.5, 0.6) is 5.75 Å². The zero-order valence-corrected chi connectivity index (χ0v) is 11.6. The lowest BCUT2D eigenvalue weighted by molar-refractivity contribution is 0.420. The second-order valence-electron chi connectivity index (χ2n) is 4.21. The van der Waals surface area contributed by atoms with E-state index in [0.29, 0.717) is 5.02 Å². The van der Waals surface area contributed by atoms with Gasteiger partial charge >= 0.3 is 0 Å². The number of aryl methyl sites for hydroxylation is 1. The summed E-state index contributed by atoms with van der Waals surface area (Å²) in [6, 6.07) is 5.72. The summed E-state index contributed by atoms with van der Waals surface area (Å²) in [6.07, 6.45) is 1.06. The maximum Gasteiger partial charge on any atom is 0.130 e. The normalized spacial score (nSPS) is 10.7. The van der Waals surface area contributed by atoms with Crippen molar-refractivity contribution in [2.75, 3.05) is 19.0 Å². The first-order valence-electron chi connectivity index (χ1n) is 6.05. The predicted octanol–water partition coefficient (Wildman–Crippen LogP) is 4.03. The lowest BCUT2D eigenvalue weighted by Crippen LogP contribution is -2.02. The third-order valence-electron chi connectivity index (χ3n) is 2.79. The highest BCUT2D eigenvalue weighted by atomic mass is 35.5. The number of ether oxygens (including phenoxy) is 1. The Labute approximate surface area is 112 Å². The van der Waals surface area contributed by atoms with Crippen LogP contribution in [0.4, 0.5) is 5.69 Å². The Morgan fingerprint density at radius 3 is 2.83 bits per heavy atom. The highest BCUT2D eigenvalue weighted by Gasteiger charge is 2.12. The van der Waals surface area contributed by atoms with Crippen molar-refractivity contribution in [3.8, 4) is 5.75 Å². The van der Waals surface area contributed by atoms with Crippen LogP contribution in [0.25, 0.3) is 10.9 Å². The van der Waals surface area contributed by atoms with E-state index in [1.165, 1.54) is 0 Å². The van der Waals surface area contributed by atoms with Crippen molar-refractivity contribution in [2.24, 2.45) is 0 Å². The molecule has 0 saturated carbocycles. The second kappa shape index (κ2) is 5.44. The van der Waals surface area contributed by atoms with Gasteiger partial charge in [-0.2, -0.15) is 0 Å². The van der Waals surface area contributed by atoms with Crippen molar-refractivity contribution in [1.29, 1.82) is 0 Å². The Balaban J connectivity index is 2.70. The molecule has 1 aromatic heterocycles. The number of hydrogen-bond donors (Lipinski definition) is 1. The Bertz CT molecular complexity index is 569. The number of fused-ring (bicyclic) bond motifs is 1. The summed E-state index contributed by atoms with van der Waals surface area (Å²) in [5.41, 5.74) is 2.75. The maximum atomic E-state index is 6.22. The average Bonchev–Trinajstić information content (AvgIpc) is 2.37. The van der Waals surface area contributed by atoms with Crippen LogP contribution < -0.4 is 10.1 Å². The van der Waals surface area contributed by atoms with E-state index < -0.39 is 0 Å². The molecule has 0 unspecified atom stereocenters. The molecule has 18 heavy (non-hydrogen) atoms. The zero-order valence-electron chi connectivity index (χ0n) is 10.9. The molecule has 3 nitrogen and oxygen atoms in total. The van der Waals surface area contributed by atoms with E-state index in [2.05, 4.69) is 17.2 Å². The van der Waals surface area contributed by atoms with Crippen LogP contribution in [0.1, 0.15) is 19.0 Å². The van der Waals surface area contributed by atoms with Gasteiger partial charge in [0, 0.05) is 17.9 Å². The molecule has 0 fully saturated rings. The minimum Gasteiger partial charge on any atom is -0.496 e. The molecule has 96 valence electrons. The summed E-state index contributed by atoms with van der Waals surface area (Å²) < 4.78 is 5.40. The molecule has 0 spiro atoms. The van der Waals surface area contributed by atoms with E-state index in [4.69, 9.17) is 16.3 Å². The van der Waals surface area contributed by atoms with Crippen LogP contribution in [0.2, 0.25) is 5.02 Å². The van der Waals surface area contributed by atoms with Crippen molar-refractivity contribution < 1.29 is 4.74 Å². The van der Waals surface area contributed by atoms with Gasteiger partial charge in [0.2, 0.25) is 0 Å². The fourth-order valence-corrected chi connectivity index (χ4v) is 2.18. The summed E-state index contributed by atoms with van der Waals surface area (Å²) in [6.45, 7) is 5.01. The van der Waals surface area contributed by atoms with E-state index in [9.17, 15) is 0 Å². The van der Waals surface area contributed by atoms with Crippen LogP contribution >= 0.6 is 11.6 Å². The number of anilines is 1. The number of nitrogens with zero attached hydrogens (tertiary/aromatic N) is 1. The van der Waals surface area contributed by atoms with E-state index >= 15 is 0 Å². The van der Waals surface area contributed by atoms with Gasteiger partial charge in [0.15, 0.2) is 0 Å². The van der Waals surface area contributed by atoms with E-state index in [1.54, 1.807) is 7.11 Å². The summed E-state index contributed by atoms with van der Waals surface area (Å²) >= 11 is 6.22. The number of aromatic nitrogens is 1. The Morgan fingerprint density at radius 1 is 1.39 bits per heavy atom. The van der Waals surface area contributed by atoms with Crippen LogP contribution in [0.3, 0.4) is 0 Å². The Kier molecular flexibility index (Phi) is 3.92. The largest absolute Gasteiger partial charge is 0.496 e. The summed E-state index contributed by atoms with van der Waals surface area (Å²) in [5.74, 6) is 0.792. The first-order chi connectivity index (χ1) is 8.67. The quantitative estimate of drug-likeness (QED) is 0.905. The molecule has 1 N–H and O–H groups in total. The molecular formula is C14H17ClN2O. The molecule has 4 heteroatoms. The average molecular weight is 265 g/mol. The number of rotatable bonds is 4. The minimum absolute atomic E-state index is 0.647. The molecule has 0 amide bonds. The van der Waals surface area contributed by atoms with Gasteiger partial charge in [0.1, 0.15) is 5.75 Å². The molecule has 0 aliphatic heterocycles. The van der Waals surface area contributed by atoms with Gasteiger partial charge in [0.05, 0.1) is 23.0 Å². The molecule has 0 atom stereocenters. The summed E-state index contributed by atoms with van der Waals surface area (Å²) in [4.78, 5) is 4.50. The molecule has 1 heterocycles. The fourth-order valence-electron chi connectivity index (χ4n) is 1.98. The van der Waals surface area contributed by atoms with E-state index in [-0.39, 0.29) is 0 Å². The monoisotopic (exact) mass is 264 g/mol. The predicted molar refractivity (Wildman–Crippen MR) is 76.8 cm³/mol. The smallest absolute Gasteiger partial charge is 0.130 e. The third kappa shape index (κ3) is 2.36. The van der Waals surface area contributed by atoms with Crippen molar-refractivity contribution in [3.05, 3.63) is 28.9 Å². The zero-order chi connectivity index (χ0) is 13.1. The Hall–Kier alpha value is -1.48. The van der Waals surface area contributed by atoms with Crippen LogP contribution in [0.15, 0.2) is 18.2 Å². The molecule has 0 aliphatic carbocycles. The van der Waals surface area contributed by atoms with Crippen molar-refractivity contribution in [1.82, 2.24) is 4.98 Å². The maximum absolute atomic E-state index is 6.22. The lowest BCUT2D eigenvalue weighted by atomic mass is 10.1. The molecule has 0 radical (unpaired) electrons. The standard InChI is InChI=1S/C14H17ClN2O/c1-4-7-16-11-8-9(2)17-14-10(15)5-6-12(18-3)13(11)14/h5-6,8H,4,7H2,1-3H3,(H,16,17). The van der Waals surface area contributed by atoms with Gasteiger partial charge < -0.3 is 10.1 Å². The van der Waals surface area contributed by atoms with Gasteiger partial charge in [-0.1, -0.05) is 18.5 Å². The number of nitrogens with one attached hydrogen (secondary N) is 1. The van der Waals surface area contributed by atoms with Crippen molar-refractivity contribution in [3.63, 3.8) is 0 Å². The van der Waals surface area contributed by atoms with E-state index in [0.717, 1.165) is 41.0 Å². The highest BCUT2D eigenvalue weighted by molar-refractivity contribution is 6.35. The van der Waals surface area contributed by atoms with Crippen molar-refractivity contribution >= 4 is 28.2 Å². The lowest BCUT2D eigenvalue weighted by Gasteiger charge is -2.13. The van der Waals surface area contributed by atoms with Crippen LogP contribution in [0, 0.1) is 6.92 Å². The Morgan fingerprint density at radius 2 is 2.17 bits per heavy atom. The molecular weight excluding hydrogens is 248 g/mol. The minimum atomic E-state index is 0.647. The molecule has 2 rings (SSSR count). The first-order valence-corrected chi connectivity index (χ1v) is 6.43. The van der Waals surface area contributed by atoms with E-state index in [1.807, 2.05) is 25.1 Å². The molecule has 1 aromatic carbocycles. The number of halogens is 1. The SMILES string of the molecule is CCCNc1cc(C)nc2c(Cl)ccc(OC)c12. The molecule has 0 saturated heterocycles. The number of methoxy groups -OCH3 is 1. The van der Waals surface area contributed by atoms with Gasteiger partial charge in [-0.05, 0) is 31.5 Å². The number of hydrogen-bond acceptors (Lipinski definition) is 3. The van der Waals surface area contributed by atoms with Gasteiger partial charge in [-0.15, -0.1) is 0 Å². The van der Waals surface area contributed by atoms with Gasteiger partial charge in [-0.3, -0.25) is 4.98 Å². The first kappa shape index (κ1) is 13.0. The summed E-state index contributed by atoms with van der Waals surface area (Å²) in [7, 11) is 1.66. The number of pyridine rings is 1. The third-order valence-corrected chi connectivity index (χ3v) is 3.09. The number of benzene rings is 1. The highest BCUT2D eigenvalue weighted by Crippen LogP contribution is 2.35. The summed E-state index contributed by atoms with van der Waals surface area (Å²) in [5, 5.41) is 5.00. The van der Waals surface area contributed by atoms with Gasteiger partial charge in [0.25, 0.3) is 0 Å². The molecule has 2 aromatic rings. The van der Waals surface area contributed by atoms with Gasteiger partial charge in [-0.25, -0.2) is 0 Å². The fraction of sp³-hybridized carbons (Fsp3) is 0.357. The van der Waals surface area contributed by atoms with Crippen LogP contribution in [-0.2, 0) is 0 Å². The van der Waals surface area contributed by atoms with Crippen molar-refractivity contribution in [2.45, 2.75) is 20.3 Å². The molecule has 0 bridgehead atoms. The topological polar surface area (TPSA) is 34.2 Å². The van der Waals surface area contributed by atoms with Crippen LogP contribution in [-0.4, -0.2) is 18.6 Å². The second-order valence-corrected chi connectivity index (χ2v) is 4.62.